The van der Waals surface area contributed by atoms with Crippen LogP contribution in [0.2, 0.25) is 0 Å². The zero-order valence-corrected chi connectivity index (χ0v) is 20.1. The lowest BCUT2D eigenvalue weighted by atomic mass is 10.0. The van der Waals surface area contributed by atoms with Crippen molar-refractivity contribution in [2.45, 2.75) is 18.9 Å². The van der Waals surface area contributed by atoms with Crippen LogP contribution in [0.3, 0.4) is 0 Å². The molecule has 1 saturated heterocycles. The first kappa shape index (κ1) is 23.4. The Morgan fingerprint density at radius 2 is 2.17 bits per heavy atom. The van der Waals surface area contributed by atoms with Crippen LogP contribution in [0.4, 0.5) is 0 Å². The summed E-state index contributed by atoms with van der Waals surface area (Å²) in [5, 5.41) is 13.6. The highest BCUT2D eigenvalue weighted by molar-refractivity contribution is 7.98. The fourth-order valence-electron chi connectivity index (χ4n) is 4.47. The van der Waals surface area contributed by atoms with Crippen LogP contribution in [0.1, 0.15) is 29.2 Å². The number of fused-ring (bicyclic) bond motifs is 1. The molecule has 2 heterocycles. The minimum Gasteiger partial charge on any atom is -0.495 e. The Morgan fingerprint density at radius 3 is 2.97 bits per heavy atom. The zero-order valence-electron chi connectivity index (χ0n) is 19.3. The third-order valence-electron chi connectivity index (χ3n) is 6.29. The number of hydrogen-bond acceptors (Lipinski definition) is 9. The van der Waals surface area contributed by atoms with Gasteiger partial charge in [0.25, 0.3) is 5.89 Å². The molecule has 1 fully saturated rings. The van der Waals surface area contributed by atoms with E-state index >= 15 is 0 Å². The standard InChI is InChI=1S/C25H25N5O4S/c1-32-22-8-5-16(13-17(22)14-26)25-27-24(28-34-25)20-4-2-3-19-18(20)6-7-21(19)29-35-15-23(31)30-9-11-33-12-10-30/h2-5,8,13,21,29H,6-7,9-12,15H2,1H3/t21-/m1/s1. The van der Waals surface area contributed by atoms with E-state index in [-0.39, 0.29) is 11.9 Å². The van der Waals surface area contributed by atoms with E-state index in [1.165, 1.54) is 30.2 Å². The van der Waals surface area contributed by atoms with Crippen molar-refractivity contribution >= 4 is 17.9 Å². The molecule has 3 aromatic rings. The maximum Gasteiger partial charge on any atom is 0.258 e. The molecule has 0 saturated carbocycles. The van der Waals surface area contributed by atoms with Gasteiger partial charge in [-0.15, -0.1) is 0 Å². The van der Waals surface area contributed by atoms with Crippen molar-refractivity contribution in [1.29, 1.82) is 5.26 Å². The Hall–Kier alpha value is -3.39. The molecule has 10 heteroatoms. The second-order valence-electron chi connectivity index (χ2n) is 8.31. The Bertz CT molecular complexity index is 1260. The zero-order chi connectivity index (χ0) is 24.2. The summed E-state index contributed by atoms with van der Waals surface area (Å²) in [6.45, 7) is 2.54. The van der Waals surface area contributed by atoms with Crippen molar-refractivity contribution in [2.75, 3.05) is 39.2 Å². The van der Waals surface area contributed by atoms with Crippen LogP contribution in [-0.4, -0.2) is 60.1 Å². The number of benzene rings is 2. The molecule has 2 aliphatic rings. The minimum atomic E-state index is 0.134. The number of morpholine rings is 1. The van der Waals surface area contributed by atoms with Gasteiger partial charge in [0.2, 0.25) is 11.7 Å². The van der Waals surface area contributed by atoms with Crippen molar-refractivity contribution in [3.63, 3.8) is 0 Å². The van der Waals surface area contributed by atoms with E-state index in [0.717, 1.165) is 18.4 Å². The molecule has 0 radical (unpaired) electrons. The number of rotatable bonds is 7. The van der Waals surface area contributed by atoms with Crippen LogP contribution in [0, 0.1) is 11.3 Å². The third kappa shape index (κ3) is 4.89. The van der Waals surface area contributed by atoms with Crippen molar-refractivity contribution in [2.24, 2.45) is 0 Å². The quantitative estimate of drug-likeness (QED) is 0.497. The van der Waals surface area contributed by atoms with Crippen molar-refractivity contribution in [3.8, 4) is 34.7 Å². The predicted octanol–water partition coefficient (Wildman–Crippen LogP) is 3.37. The molecule has 5 rings (SSSR count). The molecule has 1 amide bonds. The van der Waals surface area contributed by atoms with Crippen LogP contribution in [-0.2, 0) is 16.0 Å². The number of nitrogens with one attached hydrogen (secondary N) is 1. The molecule has 1 aliphatic heterocycles. The number of carbonyl (C=O) groups excluding carboxylic acids is 1. The molecule has 9 nitrogen and oxygen atoms in total. The second kappa shape index (κ2) is 10.5. The minimum absolute atomic E-state index is 0.134. The van der Waals surface area contributed by atoms with Gasteiger partial charge in [0.1, 0.15) is 11.8 Å². The highest BCUT2D eigenvalue weighted by Gasteiger charge is 2.27. The van der Waals surface area contributed by atoms with Gasteiger partial charge in [0.15, 0.2) is 0 Å². The highest BCUT2D eigenvalue weighted by atomic mass is 32.2. The summed E-state index contributed by atoms with van der Waals surface area (Å²) >= 11 is 1.46. The van der Waals surface area contributed by atoms with Crippen LogP contribution < -0.4 is 9.46 Å². The molecule has 1 N–H and O–H groups in total. The first-order chi connectivity index (χ1) is 17.2. The number of carbonyl (C=O) groups is 1. The molecule has 1 atom stereocenters. The monoisotopic (exact) mass is 491 g/mol. The molecule has 0 spiro atoms. The number of amides is 1. The fraction of sp³-hybridized carbons (Fsp3) is 0.360. The second-order valence-corrected chi connectivity index (χ2v) is 9.13. The molecule has 2 aromatic carbocycles. The summed E-state index contributed by atoms with van der Waals surface area (Å²) in [5.41, 5.74) is 4.38. The first-order valence-electron chi connectivity index (χ1n) is 11.4. The maximum absolute atomic E-state index is 12.4. The van der Waals surface area contributed by atoms with Crippen LogP contribution in [0.25, 0.3) is 22.8 Å². The molecule has 1 aromatic heterocycles. The lowest BCUT2D eigenvalue weighted by Gasteiger charge is -2.26. The number of nitrogens with zero attached hydrogens (tertiary/aromatic N) is 4. The smallest absolute Gasteiger partial charge is 0.258 e. The number of nitriles is 1. The van der Waals surface area contributed by atoms with E-state index in [1.54, 1.807) is 18.2 Å². The summed E-state index contributed by atoms with van der Waals surface area (Å²) in [5.74, 6) is 1.89. The van der Waals surface area contributed by atoms with Gasteiger partial charge in [-0.3, -0.25) is 9.52 Å². The normalized spacial score (nSPS) is 17.1. The lowest BCUT2D eigenvalue weighted by Crippen LogP contribution is -2.41. The van der Waals surface area contributed by atoms with Crippen molar-refractivity contribution < 1.29 is 18.8 Å². The number of hydrogen-bond donors (Lipinski definition) is 1. The van der Waals surface area contributed by atoms with E-state index in [1.807, 2.05) is 17.0 Å². The van der Waals surface area contributed by atoms with Gasteiger partial charge in [0, 0.05) is 30.3 Å². The van der Waals surface area contributed by atoms with Crippen LogP contribution in [0.5, 0.6) is 5.75 Å². The van der Waals surface area contributed by atoms with Gasteiger partial charge in [-0.05, 0) is 42.2 Å². The van der Waals surface area contributed by atoms with E-state index in [9.17, 15) is 10.1 Å². The topological polar surface area (TPSA) is 114 Å². The van der Waals surface area contributed by atoms with E-state index in [2.05, 4.69) is 27.0 Å². The predicted molar refractivity (Wildman–Crippen MR) is 130 cm³/mol. The largest absolute Gasteiger partial charge is 0.495 e. The highest BCUT2D eigenvalue weighted by Crippen LogP contribution is 2.38. The molecule has 35 heavy (non-hydrogen) atoms. The SMILES string of the molecule is COc1ccc(-c2nc(-c3cccc4c3CC[C@H]4NSCC(=O)N3CCOCC3)no2)cc1C#N. The summed E-state index contributed by atoms with van der Waals surface area (Å²) in [6.07, 6.45) is 1.81. The van der Waals surface area contributed by atoms with E-state index in [4.69, 9.17) is 14.0 Å². The first-order valence-corrected chi connectivity index (χ1v) is 12.4. The molecule has 0 unspecified atom stereocenters. The molecular weight excluding hydrogens is 466 g/mol. The molecular formula is C25H25N5O4S. The number of ether oxygens (including phenoxy) is 2. The van der Waals surface area contributed by atoms with Gasteiger partial charge in [0.05, 0.1) is 31.6 Å². The Balaban J connectivity index is 1.28. The summed E-state index contributed by atoms with van der Waals surface area (Å²) < 4.78 is 19.5. The summed E-state index contributed by atoms with van der Waals surface area (Å²) in [7, 11) is 1.53. The lowest BCUT2D eigenvalue weighted by molar-refractivity contribution is -0.132. The number of aromatic nitrogens is 2. The molecule has 180 valence electrons. The average Bonchev–Trinajstić information content (AvgIpc) is 3.56. The summed E-state index contributed by atoms with van der Waals surface area (Å²) in [4.78, 5) is 18.9. The molecule has 0 bridgehead atoms. The number of methoxy groups -OCH3 is 1. The van der Waals surface area contributed by atoms with Gasteiger partial charge >= 0.3 is 0 Å². The van der Waals surface area contributed by atoms with Crippen molar-refractivity contribution in [1.82, 2.24) is 19.8 Å². The average molecular weight is 492 g/mol. The van der Waals surface area contributed by atoms with E-state index < -0.39 is 0 Å². The fourth-order valence-corrected chi connectivity index (χ4v) is 5.31. The van der Waals surface area contributed by atoms with Gasteiger partial charge in [-0.1, -0.05) is 35.3 Å². The summed E-state index contributed by atoms with van der Waals surface area (Å²) in [6, 6.07) is 13.6. The Labute approximate surface area is 207 Å². The van der Waals surface area contributed by atoms with Gasteiger partial charge in [-0.2, -0.15) is 10.2 Å². The third-order valence-corrected chi connectivity index (χ3v) is 7.13. The Kier molecular flexibility index (Phi) is 6.99. The molecule has 1 aliphatic carbocycles. The van der Waals surface area contributed by atoms with Crippen LogP contribution >= 0.6 is 11.9 Å². The van der Waals surface area contributed by atoms with Gasteiger partial charge in [-0.25, -0.2) is 0 Å². The van der Waals surface area contributed by atoms with Gasteiger partial charge < -0.3 is 18.9 Å². The maximum atomic E-state index is 12.4. The van der Waals surface area contributed by atoms with Crippen molar-refractivity contribution in [3.05, 3.63) is 53.1 Å². The Morgan fingerprint density at radius 1 is 1.31 bits per heavy atom. The van der Waals surface area contributed by atoms with Crippen LogP contribution in [0.15, 0.2) is 40.9 Å². The van der Waals surface area contributed by atoms with E-state index in [0.29, 0.717) is 60.6 Å².